The second-order valence-corrected chi connectivity index (χ2v) is 8.78. The van der Waals surface area contributed by atoms with Gasteiger partial charge in [-0.15, -0.1) is 0 Å². The summed E-state index contributed by atoms with van der Waals surface area (Å²) in [7, 11) is 0. The monoisotopic (exact) mass is 460 g/mol. The van der Waals surface area contributed by atoms with Gasteiger partial charge in [0.05, 0.1) is 0 Å². The van der Waals surface area contributed by atoms with Crippen molar-refractivity contribution in [2.45, 2.75) is 38.0 Å². The van der Waals surface area contributed by atoms with Crippen LogP contribution in [0, 0.1) is 5.92 Å². The van der Waals surface area contributed by atoms with Crippen LogP contribution < -0.4 is 4.74 Å². The second kappa shape index (κ2) is 9.30. The van der Waals surface area contributed by atoms with Crippen LogP contribution in [-0.4, -0.2) is 58.4 Å². The van der Waals surface area contributed by atoms with Crippen molar-refractivity contribution in [1.29, 1.82) is 0 Å². The lowest BCUT2D eigenvalue weighted by Crippen LogP contribution is -2.41. The van der Waals surface area contributed by atoms with Crippen LogP contribution in [0.3, 0.4) is 0 Å². The summed E-state index contributed by atoms with van der Waals surface area (Å²) in [4.78, 5) is 10.4. The number of imidazole rings is 1. The molecule has 2 aliphatic rings. The van der Waals surface area contributed by atoms with Crippen molar-refractivity contribution >= 4 is 11.2 Å². The second-order valence-electron chi connectivity index (χ2n) is 8.78. The molecule has 2 aliphatic heterocycles. The number of rotatable bonds is 5. The molecule has 0 saturated carbocycles. The lowest BCUT2D eigenvalue weighted by Gasteiger charge is -2.35. The molecule has 0 radical (unpaired) electrons. The van der Waals surface area contributed by atoms with Crippen molar-refractivity contribution < 1.29 is 22.6 Å². The van der Waals surface area contributed by atoms with E-state index in [1.807, 2.05) is 0 Å². The highest BCUT2D eigenvalue weighted by molar-refractivity contribution is 5.74. The molecule has 0 unspecified atom stereocenters. The highest BCUT2D eigenvalue weighted by atomic mass is 19.4. The number of hydrogen-bond donors (Lipinski definition) is 0. The number of likely N-dealkylation sites (tertiary alicyclic amines) is 1. The summed E-state index contributed by atoms with van der Waals surface area (Å²) in [5.74, 6) is 0.397. The van der Waals surface area contributed by atoms with Gasteiger partial charge in [0, 0.05) is 44.7 Å². The molecule has 0 aliphatic carbocycles. The van der Waals surface area contributed by atoms with Crippen LogP contribution in [0.25, 0.3) is 16.9 Å². The minimum absolute atomic E-state index is 0.114. The van der Waals surface area contributed by atoms with Gasteiger partial charge < -0.3 is 14.4 Å². The molecule has 176 valence electrons. The van der Waals surface area contributed by atoms with Crippen molar-refractivity contribution in [2.24, 2.45) is 5.92 Å². The lowest BCUT2D eigenvalue weighted by molar-refractivity contribution is -0.145. The minimum atomic E-state index is -4.59. The highest BCUT2D eigenvalue weighted by Gasteiger charge is 2.38. The van der Waals surface area contributed by atoms with E-state index in [0.717, 1.165) is 69.0 Å². The third kappa shape index (κ3) is 4.99. The van der Waals surface area contributed by atoms with Gasteiger partial charge in [-0.3, -0.25) is 4.57 Å². The first-order valence-electron chi connectivity index (χ1n) is 11.5. The van der Waals surface area contributed by atoms with E-state index in [-0.39, 0.29) is 17.3 Å². The molecule has 3 aromatic rings. The molecule has 6 nitrogen and oxygen atoms in total. The maximum Gasteiger partial charge on any atom is 0.450 e. The number of benzene rings is 1. The SMILES string of the molecule is FC(F)(F)c1nc2cccnc2n1-c1ccc(OC2CCN(CC3CCOCC3)CC2)cc1. The Morgan fingerprint density at radius 3 is 2.42 bits per heavy atom. The summed E-state index contributed by atoms with van der Waals surface area (Å²) >= 11 is 0. The molecular weight excluding hydrogens is 433 g/mol. The van der Waals surface area contributed by atoms with Crippen LogP contribution >= 0.6 is 0 Å². The normalized spacial score (nSPS) is 19.2. The number of aromatic nitrogens is 3. The molecule has 0 N–H and O–H groups in total. The number of halogens is 3. The molecule has 1 aromatic carbocycles. The predicted molar refractivity (Wildman–Crippen MR) is 118 cm³/mol. The van der Waals surface area contributed by atoms with E-state index >= 15 is 0 Å². The van der Waals surface area contributed by atoms with Crippen LogP contribution in [0.1, 0.15) is 31.5 Å². The summed E-state index contributed by atoms with van der Waals surface area (Å²) in [5.41, 5.74) is 0.732. The van der Waals surface area contributed by atoms with Gasteiger partial charge in [-0.2, -0.15) is 13.2 Å². The fourth-order valence-corrected chi connectivity index (χ4v) is 4.72. The molecule has 2 fully saturated rings. The molecule has 2 saturated heterocycles. The Bertz CT molecular complexity index is 1070. The molecule has 9 heteroatoms. The zero-order valence-corrected chi connectivity index (χ0v) is 18.3. The average Bonchev–Trinajstić information content (AvgIpc) is 3.22. The number of alkyl halides is 3. The number of hydrogen-bond acceptors (Lipinski definition) is 5. The van der Waals surface area contributed by atoms with E-state index in [1.54, 1.807) is 30.3 Å². The van der Waals surface area contributed by atoms with E-state index in [0.29, 0.717) is 11.4 Å². The lowest BCUT2D eigenvalue weighted by atomic mass is 9.98. The van der Waals surface area contributed by atoms with E-state index in [2.05, 4.69) is 14.9 Å². The van der Waals surface area contributed by atoms with Gasteiger partial charge in [-0.25, -0.2) is 9.97 Å². The third-order valence-corrected chi connectivity index (χ3v) is 6.46. The van der Waals surface area contributed by atoms with Crippen LogP contribution in [0.15, 0.2) is 42.6 Å². The standard InChI is InChI=1S/C24H27F3N4O2/c25-24(26,27)23-29-21-2-1-11-28-22(21)31(23)18-3-5-19(6-4-18)33-20-7-12-30(13-8-20)16-17-9-14-32-15-10-17/h1-6,11,17,20H,7-10,12-16H2. The zero-order valence-electron chi connectivity index (χ0n) is 18.3. The van der Waals surface area contributed by atoms with Crippen LogP contribution in [-0.2, 0) is 10.9 Å². The Morgan fingerprint density at radius 1 is 1.00 bits per heavy atom. The Balaban J connectivity index is 1.24. The largest absolute Gasteiger partial charge is 0.490 e. The molecule has 2 aromatic heterocycles. The molecule has 5 rings (SSSR count). The summed E-state index contributed by atoms with van der Waals surface area (Å²) in [5, 5.41) is 0. The van der Waals surface area contributed by atoms with Crippen molar-refractivity contribution in [3.63, 3.8) is 0 Å². The Labute approximate surface area is 190 Å². The first-order chi connectivity index (χ1) is 16.0. The Hall–Kier alpha value is -2.65. The van der Waals surface area contributed by atoms with Gasteiger partial charge in [-0.1, -0.05) is 0 Å². The van der Waals surface area contributed by atoms with Crippen molar-refractivity contribution in [1.82, 2.24) is 19.4 Å². The van der Waals surface area contributed by atoms with Crippen molar-refractivity contribution in [2.75, 3.05) is 32.8 Å². The fraction of sp³-hybridized carbons (Fsp3) is 0.500. The highest BCUT2D eigenvalue weighted by Crippen LogP contribution is 2.33. The van der Waals surface area contributed by atoms with E-state index < -0.39 is 12.0 Å². The number of pyridine rings is 1. The van der Waals surface area contributed by atoms with Crippen molar-refractivity contribution in [3.8, 4) is 11.4 Å². The van der Waals surface area contributed by atoms with Crippen LogP contribution in [0.4, 0.5) is 13.2 Å². The average molecular weight is 461 g/mol. The third-order valence-electron chi connectivity index (χ3n) is 6.46. The number of ether oxygens (including phenoxy) is 2. The van der Waals surface area contributed by atoms with Crippen LogP contribution in [0.2, 0.25) is 0 Å². The molecule has 4 heterocycles. The van der Waals surface area contributed by atoms with Gasteiger partial charge in [0.25, 0.3) is 0 Å². The first kappa shape index (κ1) is 22.2. The maximum atomic E-state index is 13.6. The molecule has 0 amide bonds. The molecule has 0 spiro atoms. The fourth-order valence-electron chi connectivity index (χ4n) is 4.72. The summed E-state index contributed by atoms with van der Waals surface area (Å²) in [6.45, 7) is 4.87. The molecular formula is C24H27F3N4O2. The molecule has 0 atom stereocenters. The van der Waals surface area contributed by atoms with Crippen LogP contribution in [0.5, 0.6) is 5.75 Å². The summed E-state index contributed by atoms with van der Waals surface area (Å²) < 4.78 is 53.4. The van der Waals surface area contributed by atoms with Gasteiger partial charge in [-0.05, 0) is 68.0 Å². The number of piperidine rings is 1. The van der Waals surface area contributed by atoms with Gasteiger partial charge in [0.15, 0.2) is 5.65 Å². The number of fused-ring (bicyclic) bond motifs is 1. The number of nitrogens with zero attached hydrogens (tertiary/aromatic N) is 4. The van der Waals surface area contributed by atoms with E-state index in [1.165, 1.54) is 12.3 Å². The predicted octanol–water partition coefficient (Wildman–Crippen LogP) is 4.71. The molecule has 0 bridgehead atoms. The topological polar surface area (TPSA) is 52.4 Å². The minimum Gasteiger partial charge on any atom is -0.490 e. The molecule has 33 heavy (non-hydrogen) atoms. The Kier molecular flexibility index (Phi) is 6.25. The van der Waals surface area contributed by atoms with E-state index in [9.17, 15) is 13.2 Å². The summed E-state index contributed by atoms with van der Waals surface area (Å²) in [6.07, 6.45) is 1.16. The smallest absolute Gasteiger partial charge is 0.450 e. The van der Waals surface area contributed by atoms with E-state index in [4.69, 9.17) is 9.47 Å². The van der Waals surface area contributed by atoms with Gasteiger partial charge in [0.1, 0.15) is 17.4 Å². The van der Waals surface area contributed by atoms with Crippen molar-refractivity contribution in [3.05, 3.63) is 48.4 Å². The maximum absolute atomic E-state index is 13.6. The van der Waals surface area contributed by atoms with Gasteiger partial charge in [0.2, 0.25) is 5.82 Å². The van der Waals surface area contributed by atoms with Gasteiger partial charge >= 0.3 is 6.18 Å². The first-order valence-corrected chi connectivity index (χ1v) is 11.5. The zero-order chi connectivity index (χ0) is 22.8. The summed E-state index contributed by atoms with van der Waals surface area (Å²) in [6, 6.07) is 9.80. The quantitative estimate of drug-likeness (QED) is 0.552. The Morgan fingerprint density at radius 2 is 1.73 bits per heavy atom.